The molecule has 106 valence electrons. The normalized spacial score (nSPS) is 12.3. The zero-order valence-electron chi connectivity index (χ0n) is 11.9. The van der Waals surface area contributed by atoms with Crippen molar-refractivity contribution in [2.24, 2.45) is 5.84 Å². The molecule has 0 amide bonds. The fourth-order valence-electron chi connectivity index (χ4n) is 2.50. The lowest BCUT2D eigenvalue weighted by atomic mass is 9.99. The van der Waals surface area contributed by atoms with E-state index in [0.29, 0.717) is 0 Å². The smallest absolute Gasteiger partial charge is 0.0805 e. The first-order valence-corrected chi connectivity index (χ1v) is 7.83. The predicted molar refractivity (Wildman–Crippen MR) is 90.1 cm³/mol. The van der Waals surface area contributed by atoms with Gasteiger partial charge in [-0.3, -0.25) is 5.84 Å². The van der Waals surface area contributed by atoms with Gasteiger partial charge in [-0.05, 0) is 40.6 Å². The highest BCUT2D eigenvalue weighted by molar-refractivity contribution is 7.10. The second-order valence-electron chi connectivity index (χ2n) is 5.06. The molecule has 1 aromatic heterocycles. The highest BCUT2D eigenvalue weighted by atomic mass is 32.1. The van der Waals surface area contributed by atoms with Crippen LogP contribution in [-0.2, 0) is 0 Å². The molecule has 2 nitrogen and oxygen atoms in total. The lowest BCUT2D eigenvalue weighted by molar-refractivity contribution is 0.644. The van der Waals surface area contributed by atoms with Gasteiger partial charge in [0.1, 0.15) is 0 Å². The molecule has 21 heavy (non-hydrogen) atoms. The molecule has 0 spiro atoms. The number of hydrazine groups is 1. The number of aryl methyl sites for hydroxylation is 1. The van der Waals surface area contributed by atoms with Gasteiger partial charge >= 0.3 is 0 Å². The maximum atomic E-state index is 5.77. The van der Waals surface area contributed by atoms with E-state index in [2.05, 4.69) is 72.3 Å². The number of nitrogens with two attached hydrogens (primary N) is 1. The molecule has 1 atom stereocenters. The second-order valence-corrected chi connectivity index (χ2v) is 6.00. The van der Waals surface area contributed by atoms with Gasteiger partial charge in [0.25, 0.3) is 0 Å². The number of nitrogens with one attached hydrogen (secondary N) is 1. The quantitative estimate of drug-likeness (QED) is 0.557. The molecule has 0 saturated heterocycles. The van der Waals surface area contributed by atoms with Crippen molar-refractivity contribution >= 4 is 11.3 Å². The monoisotopic (exact) mass is 294 g/mol. The van der Waals surface area contributed by atoms with E-state index in [9.17, 15) is 0 Å². The summed E-state index contributed by atoms with van der Waals surface area (Å²) in [6, 6.07) is 21.2. The topological polar surface area (TPSA) is 38.0 Å². The molecule has 0 aliphatic carbocycles. The van der Waals surface area contributed by atoms with E-state index >= 15 is 0 Å². The van der Waals surface area contributed by atoms with Gasteiger partial charge in [-0.15, -0.1) is 11.3 Å². The highest BCUT2D eigenvalue weighted by Gasteiger charge is 2.15. The lowest BCUT2D eigenvalue weighted by Gasteiger charge is -2.16. The van der Waals surface area contributed by atoms with Crippen molar-refractivity contribution in [3.05, 3.63) is 82.0 Å². The molecule has 1 heterocycles. The maximum Gasteiger partial charge on any atom is 0.0805 e. The minimum atomic E-state index is 0.0508. The first kappa shape index (κ1) is 14.0. The molecule has 0 aliphatic heterocycles. The van der Waals surface area contributed by atoms with Gasteiger partial charge in [-0.2, -0.15) is 0 Å². The van der Waals surface area contributed by atoms with Crippen LogP contribution in [0.25, 0.3) is 11.1 Å². The minimum Gasteiger partial charge on any atom is -0.271 e. The summed E-state index contributed by atoms with van der Waals surface area (Å²) in [6.07, 6.45) is 0. The Balaban J connectivity index is 1.91. The van der Waals surface area contributed by atoms with Crippen LogP contribution in [0.15, 0.2) is 66.0 Å². The molecule has 0 bridgehead atoms. The van der Waals surface area contributed by atoms with Crippen LogP contribution >= 0.6 is 11.3 Å². The third kappa shape index (κ3) is 2.90. The van der Waals surface area contributed by atoms with Gasteiger partial charge in [-0.1, -0.05) is 54.6 Å². The Labute approximate surface area is 129 Å². The number of benzene rings is 2. The van der Waals surface area contributed by atoms with Gasteiger partial charge in [0.15, 0.2) is 0 Å². The van der Waals surface area contributed by atoms with Gasteiger partial charge in [-0.25, -0.2) is 5.43 Å². The molecule has 1 unspecified atom stereocenters. The molecule has 3 rings (SSSR count). The third-order valence-electron chi connectivity index (χ3n) is 3.68. The summed E-state index contributed by atoms with van der Waals surface area (Å²) in [5, 5.41) is 2.10. The molecule has 0 fully saturated rings. The van der Waals surface area contributed by atoms with Crippen molar-refractivity contribution in [3.63, 3.8) is 0 Å². The van der Waals surface area contributed by atoms with Crippen LogP contribution in [0.5, 0.6) is 0 Å². The number of thiophene rings is 1. The average molecular weight is 294 g/mol. The molecule has 3 aromatic rings. The largest absolute Gasteiger partial charge is 0.271 e. The molecule has 3 heteroatoms. The van der Waals surface area contributed by atoms with E-state index in [-0.39, 0.29) is 6.04 Å². The summed E-state index contributed by atoms with van der Waals surface area (Å²) in [7, 11) is 0. The average Bonchev–Trinajstić information content (AvgIpc) is 2.96. The molecule has 0 radical (unpaired) electrons. The fourth-order valence-corrected chi connectivity index (χ4v) is 3.52. The van der Waals surface area contributed by atoms with E-state index in [1.165, 1.54) is 27.1 Å². The maximum absolute atomic E-state index is 5.77. The molecular weight excluding hydrogens is 276 g/mol. The first-order chi connectivity index (χ1) is 10.3. The lowest BCUT2D eigenvalue weighted by Crippen LogP contribution is -2.28. The molecular formula is C18H18N2S. The van der Waals surface area contributed by atoms with Crippen LogP contribution in [0.1, 0.15) is 22.0 Å². The zero-order chi connectivity index (χ0) is 14.7. The first-order valence-electron chi connectivity index (χ1n) is 6.95. The minimum absolute atomic E-state index is 0.0508. The van der Waals surface area contributed by atoms with Gasteiger partial charge in [0.2, 0.25) is 0 Å². The standard InChI is InChI=1S/C18H18N2S/c1-13-11-12-21-18(13)17(20-19)16-9-7-15(8-10-16)14-5-3-2-4-6-14/h2-12,17,20H,19H2,1H3. The summed E-state index contributed by atoms with van der Waals surface area (Å²) in [4.78, 5) is 1.27. The van der Waals surface area contributed by atoms with Gasteiger partial charge in [0.05, 0.1) is 6.04 Å². The Morgan fingerprint density at radius 3 is 2.14 bits per heavy atom. The van der Waals surface area contributed by atoms with Crippen molar-refractivity contribution in [1.29, 1.82) is 0 Å². The molecule has 0 saturated carbocycles. The van der Waals surface area contributed by atoms with Crippen LogP contribution in [0.2, 0.25) is 0 Å². The van der Waals surface area contributed by atoms with Gasteiger partial charge < -0.3 is 0 Å². The van der Waals surface area contributed by atoms with E-state index in [1.54, 1.807) is 11.3 Å². The summed E-state index contributed by atoms with van der Waals surface area (Å²) in [5.74, 6) is 5.77. The van der Waals surface area contributed by atoms with Crippen molar-refractivity contribution in [1.82, 2.24) is 5.43 Å². The van der Waals surface area contributed by atoms with Crippen LogP contribution in [0.4, 0.5) is 0 Å². The Hall–Kier alpha value is -1.94. The van der Waals surface area contributed by atoms with E-state index < -0.39 is 0 Å². The van der Waals surface area contributed by atoms with E-state index in [4.69, 9.17) is 5.84 Å². The zero-order valence-corrected chi connectivity index (χ0v) is 12.7. The van der Waals surface area contributed by atoms with Crippen LogP contribution in [-0.4, -0.2) is 0 Å². The summed E-state index contributed by atoms with van der Waals surface area (Å²) in [6.45, 7) is 2.12. The number of hydrogen-bond donors (Lipinski definition) is 2. The number of hydrogen-bond acceptors (Lipinski definition) is 3. The fraction of sp³-hybridized carbons (Fsp3) is 0.111. The van der Waals surface area contributed by atoms with Crippen LogP contribution in [0.3, 0.4) is 0 Å². The Bertz CT molecular complexity index is 702. The molecule has 0 aliphatic rings. The summed E-state index contributed by atoms with van der Waals surface area (Å²) >= 11 is 1.74. The SMILES string of the molecule is Cc1ccsc1C(NN)c1ccc(-c2ccccc2)cc1. The number of rotatable bonds is 4. The van der Waals surface area contributed by atoms with Crippen LogP contribution in [0, 0.1) is 6.92 Å². The van der Waals surface area contributed by atoms with Crippen molar-refractivity contribution in [2.45, 2.75) is 13.0 Å². The van der Waals surface area contributed by atoms with Crippen molar-refractivity contribution in [3.8, 4) is 11.1 Å². The summed E-state index contributed by atoms with van der Waals surface area (Å²) < 4.78 is 0. The Morgan fingerprint density at radius 2 is 1.57 bits per heavy atom. The summed E-state index contributed by atoms with van der Waals surface area (Å²) in [5.41, 5.74) is 7.84. The van der Waals surface area contributed by atoms with Crippen LogP contribution < -0.4 is 11.3 Å². The third-order valence-corrected chi connectivity index (χ3v) is 4.77. The van der Waals surface area contributed by atoms with E-state index in [1.807, 2.05) is 6.07 Å². The van der Waals surface area contributed by atoms with Crippen molar-refractivity contribution in [2.75, 3.05) is 0 Å². The van der Waals surface area contributed by atoms with E-state index in [0.717, 1.165) is 0 Å². The molecule has 3 N–H and O–H groups in total. The second kappa shape index (κ2) is 6.22. The highest BCUT2D eigenvalue weighted by Crippen LogP contribution is 2.30. The van der Waals surface area contributed by atoms with Gasteiger partial charge in [0, 0.05) is 4.88 Å². The Morgan fingerprint density at radius 1 is 0.905 bits per heavy atom. The molecule has 2 aromatic carbocycles. The Kier molecular flexibility index (Phi) is 4.15. The van der Waals surface area contributed by atoms with Crippen molar-refractivity contribution < 1.29 is 0 Å². The predicted octanol–water partition coefficient (Wildman–Crippen LogP) is 4.28.